The number of hydrogen-bond acceptors (Lipinski definition) is 5. The number of halogens is 1. The average molecular weight is 347 g/mol. The van der Waals surface area contributed by atoms with Crippen LogP contribution in [0.2, 0.25) is 0 Å². The second kappa shape index (κ2) is 11.8. The van der Waals surface area contributed by atoms with Gasteiger partial charge in [0.1, 0.15) is 16.6 Å². The van der Waals surface area contributed by atoms with E-state index in [2.05, 4.69) is 30.1 Å². The highest BCUT2D eigenvalue weighted by molar-refractivity contribution is 8.13. The van der Waals surface area contributed by atoms with Crippen molar-refractivity contribution < 1.29 is 9.50 Å². The van der Waals surface area contributed by atoms with Crippen LogP contribution in [0.1, 0.15) is 26.3 Å². The van der Waals surface area contributed by atoms with E-state index in [1.54, 1.807) is 17.8 Å². The zero-order valence-corrected chi connectivity index (χ0v) is 15.9. The predicted octanol–water partition coefficient (Wildman–Crippen LogP) is 4.31. The Morgan fingerprint density at radius 3 is 2.45 bits per heavy atom. The van der Waals surface area contributed by atoms with Crippen LogP contribution in [0.5, 0.6) is 5.75 Å². The van der Waals surface area contributed by atoms with Gasteiger partial charge in [-0.25, -0.2) is 4.39 Å². The van der Waals surface area contributed by atoms with Gasteiger partial charge in [0.2, 0.25) is 0 Å². The summed E-state index contributed by atoms with van der Waals surface area (Å²) in [7, 11) is 2.06. The largest absolute Gasteiger partial charge is 0.507 e. The molecule has 3 nitrogen and oxygen atoms in total. The highest BCUT2D eigenvalue weighted by atomic mass is 32.2. The molecule has 1 aromatic carbocycles. The molecule has 0 aromatic heterocycles. The SMILES string of the molecule is CC.CCN(C)[C@@H](CN=C(SC)c1ccc(F)cc1O)SC. The summed E-state index contributed by atoms with van der Waals surface area (Å²) in [6.45, 7) is 7.70. The molecule has 0 aliphatic rings. The summed E-state index contributed by atoms with van der Waals surface area (Å²) in [5.41, 5.74) is 0.581. The molecule has 0 aliphatic carbocycles. The van der Waals surface area contributed by atoms with Crippen molar-refractivity contribution in [2.24, 2.45) is 4.99 Å². The number of phenols is 1. The van der Waals surface area contributed by atoms with Crippen molar-refractivity contribution in [3.63, 3.8) is 0 Å². The van der Waals surface area contributed by atoms with Gasteiger partial charge in [0.05, 0.1) is 11.9 Å². The molecule has 0 saturated carbocycles. The van der Waals surface area contributed by atoms with Gasteiger partial charge in [-0.3, -0.25) is 9.89 Å². The third-order valence-electron chi connectivity index (χ3n) is 3.04. The van der Waals surface area contributed by atoms with E-state index in [0.717, 1.165) is 17.7 Å². The number of aromatic hydroxyl groups is 1. The van der Waals surface area contributed by atoms with Crippen molar-refractivity contribution in [3.8, 4) is 5.75 Å². The number of likely N-dealkylation sites (N-methyl/N-ethyl adjacent to an activating group) is 1. The first kappa shape index (κ1) is 21.3. The number of rotatable bonds is 6. The van der Waals surface area contributed by atoms with Crippen molar-refractivity contribution >= 4 is 28.6 Å². The third-order valence-corrected chi connectivity index (χ3v) is 4.83. The quantitative estimate of drug-likeness (QED) is 0.473. The van der Waals surface area contributed by atoms with Crippen LogP contribution in [-0.4, -0.2) is 53.1 Å². The molecule has 0 radical (unpaired) electrons. The van der Waals surface area contributed by atoms with Crippen LogP contribution < -0.4 is 0 Å². The molecule has 0 spiro atoms. The maximum Gasteiger partial charge on any atom is 0.128 e. The Balaban J connectivity index is 0.00000211. The van der Waals surface area contributed by atoms with Crippen molar-refractivity contribution in [2.75, 3.05) is 32.6 Å². The molecule has 1 aromatic rings. The Bertz CT molecular complexity index is 469. The van der Waals surface area contributed by atoms with Gasteiger partial charge in [-0.2, -0.15) is 0 Å². The molecular weight excluding hydrogens is 319 g/mol. The van der Waals surface area contributed by atoms with Gasteiger partial charge in [-0.05, 0) is 38.2 Å². The zero-order chi connectivity index (χ0) is 17.1. The van der Waals surface area contributed by atoms with Gasteiger partial charge < -0.3 is 5.11 Å². The van der Waals surface area contributed by atoms with Gasteiger partial charge in [0.25, 0.3) is 0 Å². The zero-order valence-electron chi connectivity index (χ0n) is 14.3. The van der Waals surface area contributed by atoms with Crippen LogP contribution in [0.25, 0.3) is 0 Å². The van der Waals surface area contributed by atoms with E-state index in [0.29, 0.717) is 17.5 Å². The maximum absolute atomic E-state index is 13.0. The number of thioether (sulfide) groups is 2. The van der Waals surface area contributed by atoms with Crippen LogP contribution in [-0.2, 0) is 0 Å². The number of aliphatic imine (C=N–C) groups is 1. The fraction of sp³-hybridized carbons (Fsp3) is 0.562. The average Bonchev–Trinajstić information content (AvgIpc) is 2.54. The Labute approximate surface area is 142 Å². The highest BCUT2D eigenvalue weighted by Crippen LogP contribution is 2.23. The van der Waals surface area contributed by atoms with Crippen LogP contribution in [0.3, 0.4) is 0 Å². The molecule has 0 saturated heterocycles. The summed E-state index contributed by atoms with van der Waals surface area (Å²) in [6.07, 6.45) is 3.96. The molecule has 22 heavy (non-hydrogen) atoms. The smallest absolute Gasteiger partial charge is 0.128 e. The van der Waals surface area contributed by atoms with E-state index >= 15 is 0 Å². The second-order valence-corrected chi connectivity index (χ2v) is 6.09. The summed E-state index contributed by atoms with van der Waals surface area (Å²) >= 11 is 3.20. The summed E-state index contributed by atoms with van der Waals surface area (Å²) < 4.78 is 13.0. The van der Waals surface area contributed by atoms with E-state index in [1.807, 2.05) is 20.1 Å². The Morgan fingerprint density at radius 1 is 1.36 bits per heavy atom. The van der Waals surface area contributed by atoms with Crippen LogP contribution in [0, 0.1) is 5.82 Å². The lowest BCUT2D eigenvalue weighted by molar-refractivity contribution is 0.336. The number of nitrogens with zero attached hydrogens (tertiary/aromatic N) is 2. The lowest BCUT2D eigenvalue weighted by Crippen LogP contribution is -2.31. The number of benzene rings is 1. The second-order valence-electron chi connectivity index (χ2n) is 4.28. The summed E-state index contributed by atoms with van der Waals surface area (Å²) in [4.78, 5) is 6.80. The fourth-order valence-electron chi connectivity index (χ4n) is 1.70. The maximum atomic E-state index is 13.0. The molecule has 0 aliphatic heterocycles. The fourth-order valence-corrected chi connectivity index (χ4v) is 3.03. The molecule has 0 heterocycles. The van der Waals surface area contributed by atoms with Crippen molar-refractivity contribution in [2.45, 2.75) is 26.1 Å². The molecule has 126 valence electrons. The molecule has 0 bridgehead atoms. The van der Waals surface area contributed by atoms with Crippen LogP contribution >= 0.6 is 23.5 Å². The summed E-state index contributed by atoms with van der Waals surface area (Å²) in [5.74, 6) is -0.512. The van der Waals surface area contributed by atoms with Crippen LogP contribution in [0.15, 0.2) is 23.2 Å². The minimum atomic E-state index is -0.445. The van der Waals surface area contributed by atoms with E-state index in [1.165, 1.54) is 17.8 Å². The van der Waals surface area contributed by atoms with Crippen LogP contribution in [0.4, 0.5) is 4.39 Å². The Hall–Kier alpha value is -0.720. The van der Waals surface area contributed by atoms with E-state index in [4.69, 9.17) is 0 Å². The topological polar surface area (TPSA) is 35.8 Å². The summed E-state index contributed by atoms with van der Waals surface area (Å²) in [6, 6.07) is 4.02. The van der Waals surface area contributed by atoms with Crippen molar-refractivity contribution in [3.05, 3.63) is 29.6 Å². The normalized spacial score (nSPS) is 12.8. The van der Waals surface area contributed by atoms with Crippen molar-refractivity contribution in [1.82, 2.24) is 4.90 Å². The Kier molecular flexibility index (Phi) is 11.4. The monoisotopic (exact) mass is 346 g/mol. The number of phenolic OH excluding ortho intramolecular Hbond substituents is 1. The molecule has 0 fully saturated rings. The first-order chi connectivity index (χ1) is 10.5. The standard InChI is InChI=1S/C14H21FN2OS2.C2H6/c1-5-17(2)13(19-3)9-16-14(20-4)11-7-6-10(15)8-12(11)18;1-2/h6-8,13,18H,5,9H2,1-4H3;1-2H3/t13-;/m1./s1. The predicted molar refractivity (Wildman–Crippen MR) is 99.9 cm³/mol. The van der Waals surface area contributed by atoms with Gasteiger partial charge in [-0.15, -0.1) is 23.5 Å². The third kappa shape index (κ3) is 6.58. The summed E-state index contributed by atoms with van der Waals surface area (Å²) in [5, 5.41) is 10.8. The molecule has 6 heteroatoms. The van der Waals surface area contributed by atoms with E-state index in [9.17, 15) is 9.50 Å². The molecule has 1 atom stereocenters. The van der Waals surface area contributed by atoms with E-state index in [-0.39, 0.29) is 5.75 Å². The van der Waals surface area contributed by atoms with Gasteiger partial charge >= 0.3 is 0 Å². The van der Waals surface area contributed by atoms with Crippen molar-refractivity contribution in [1.29, 1.82) is 0 Å². The minimum absolute atomic E-state index is 0.0670. The first-order valence-electron chi connectivity index (χ1n) is 7.33. The molecular formula is C16H27FN2OS2. The van der Waals surface area contributed by atoms with Gasteiger partial charge in [0.15, 0.2) is 0 Å². The molecule has 0 unspecified atom stereocenters. The number of hydrogen-bond donors (Lipinski definition) is 1. The molecule has 1 N–H and O–H groups in total. The molecule has 1 rings (SSSR count). The van der Waals surface area contributed by atoms with Gasteiger partial charge in [-0.1, -0.05) is 20.8 Å². The highest BCUT2D eigenvalue weighted by Gasteiger charge is 2.13. The van der Waals surface area contributed by atoms with E-state index < -0.39 is 5.82 Å². The minimum Gasteiger partial charge on any atom is -0.507 e. The lowest BCUT2D eigenvalue weighted by atomic mass is 10.2. The Morgan fingerprint density at radius 2 is 2.00 bits per heavy atom. The van der Waals surface area contributed by atoms with Gasteiger partial charge in [0, 0.05) is 11.6 Å². The first-order valence-corrected chi connectivity index (χ1v) is 9.85. The molecule has 0 amide bonds. The lowest BCUT2D eigenvalue weighted by Gasteiger charge is -2.23.